The molecule has 0 aliphatic rings. The maximum absolute atomic E-state index is 12.6. The van der Waals surface area contributed by atoms with Gasteiger partial charge >= 0.3 is 0 Å². The van der Waals surface area contributed by atoms with Gasteiger partial charge < -0.3 is 4.98 Å². The van der Waals surface area contributed by atoms with Gasteiger partial charge in [0.25, 0.3) is 0 Å². The summed E-state index contributed by atoms with van der Waals surface area (Å²) in [6.45, 7) is 0. The van der Waals surface area contributed by atoms with Crippen LogP contribution in [0.5, 0.6) is 0 Å². The molecule has 0 saturated carbocycles. The Morgan fingerprint density at radius 2 is 2.18 bits per heavy atom. The van der Waals surface area contributed by atoms with E-state index in [2.05, 4.69) is 4.98 Å². The number of hydrogen-bond acceptors (Lipinski definition) is 0. The molecule has 1 aromatic heterocycles. The quantitative estimate of drug-likeness (QED) is 0.624. The second-order valence-electron chi connectivity index (χ2n) is 2.32. The normalized spacial score (nSPS) is 10.7. The molecule has 1 N–H and O–H groups in total. The molecule has 2 rings (SSSR count). The van der Waals surface area contributed by atoms with E-state index < -0.39 is 0 Å². The maximum atomic E-state index is 12.6. The third-order valence-electron chi connectivity index (χ3n) is 1.58. The fourth-order valence-corrected chi connectivity index (χ4v) is 1.31. The number of nitrogens with one attached hydrogen (secondary N) is 1. The van der Waals surface area contributed by atoms with Crippen molar-refractivity contribution in [1.82, 2.24) is 4.98 Å². The van der Waals surface area contributed by atoms with Crippen molar-refractivity contribution >= 4 is 22.5 Å². The highest BCUT2D eigenvalue weighted by Gasteiger charge is 2.01. The van der Waals surface area contributed by atoms with Gasteiger partial charge in [-0.1, -0.05) is 17.7 Å². The molecule has 1 heterocycles. The summed E-state index contributed by atoms with van der Waals surface area (Å²) in [5.41, 5.74) is 0.731. The standard InChI is InChI=1S/C8H5ClFN/c9-6-2-1-3-7-5(6)4-8(10)11-7/h1-4,11H. The minimum atomic E-state index is -0.354. The molecule has 0 radical (unpaired) electrons. The van der Waals surface area contributed by atoms with Crippen molar-refractivity contribution in [3.8, 4) is 0 Å². The summed E-state index contributed by atoms with van der Waals surface area (Å²) < 4.78 is 12.6. The van der Waals surface area contributed by atoms with E-state index in [1.54, 1.807) is 18.2 Å². The predicted molar refractivity (Wildman–Crippen MR) is 43.3 cm³/mol. The Balaban J connectivity index is 2.90. The van der Waals surface area contributed by atoms with Gasteiger partial charge in [0, 0.05) is 17.0 Å². The van der Waals surface area contributed by atoms with Gasteiger partial charge in [-0.25, -0.2) is 0 Å². The number of halogens is 2. The monoisotopic (exact) mass is 169 g/mol. The van der Waals surface area contributed by atoms with Crippen LogP contribution >= 0.6 is 11.6 Å². The zero-order valence-electron chi connectivity index (χ0n) is 5.57. The third kappa shape index (κ3) is 0.994. The van der Waals surface area contributed by atoms with Gasteiger partial charge in [0.15, 0.2) is 5.95 Å². The second-order valence-corrected chi connectivity index (χ2v) is 2.73. The van der Waals surface area contributed by atoms with Gasteiger partial charge in [0.2, 0.25) is 0 Å². The largest absolute Gasteiger partial charge is 0.331 e. The number of benzene rings is 1. The highest BCUT2D eigenvalue weighted by Crippen LogP contribution is 2.22. The molecule has 0 saturated heterocycles. The van der Waals surface area contributed by atoms with E-state index in [4.69, 9.17) is 11.6 Å². The summed E-state index contributed by atoms with van der Waals surface area (Å²) in [4.78, 5) is 2.55. The van der Waals surface area contributed by atoms with Crippen LogP contribution in [0.2, 0.25) is 5.02 Å². The molecule has 0 unspecified atom stereocenters. The van der Waals surface area contributed by atoms with E-state index in [0.717, 1.165) is 10.9 Å². The summed E-state index contributed by atoms with van der Waals surface area (Å²) in [6, 6.07) is 6.68. The Labute approximate surface area is 67.8 Å². The van der Waals surface area contributed by atoms with E-state index in [-0.39, 0.29) is 5.95 Å². The molecular weight excluding hydrogens is 165 g/mol. The van der Waals surface area contributed by atoms with E-state index in [1.165, 1.54) is 6.07 Å². The van der Waals surface area contributed by atoms with Crippen LogP contribution in [0, 0.1) is 5.95 Å². The molecule has 1 nitrogen and oxygen atoms in total. The summed E-state index contributed by atoms with van der Waals surface area (Å²) in [5.74, 6) is -0.354. The fraction of sp³-hybridized carbons (Fsp3) is 0. The Morgan fingerprint density at radius 1 is 1.36 bits per heavy atom. The molecule has 0 aliphatic carbocycles. The molecule has 0 bridgehead atoms. The van der Waals surface area contributed by atoms with Crippen molar-refractivity contribution in [3.05, 3.63) is 35.2 Å². The third-order valence-corrected chi connectivity index (χ3v) is 1.91. The highest BCUT2D eigenvalue weighted by atomic mass is 35.5. The van der Waals surface area contributed by atoms with Gasteiger partial charge in [0.1, 0.15) is 0 Å². The smallest absolute Gasteiger partial charge is 0.192 e. The lowest BCUT2D eigenvalue weighted by Crippen LogP contribution is -1.67. The van der Waals surface area contributed by atoms with Crippen LogP contribution in [-0.2, 0) is 0 Å². The number of aromatic amines is 1. The topological polar surface area (TPSA) is 15.8 Å². The van der Waals surface area contributed by atoms with Crippen molar-refractivity contribution in [2.45, 2.75) is 0 Å². The Bertz CT molecular complexity index is 394. The van der Waals surface area contributed by atoms with Gasteiger partial charge in [0.05, 0.1) is 5.02 Å². The molecular formula is C8H5ClFN. The zero-order chi connectivity index (χ0) is 7.84. The van der Waals surface area contributed by atoms with Crippen LogP contribution in [0.3, 0.4) is 0 Å². The number of rotatable bonds is 0. The van der Waals surface area contributed by atoms with Crippen LogP contribution in [0.15, 0.2) is 24.3 Å². The van der Waals surface area contributed by atoms with Crippen LogP contribution in [0.1, 0.15) is 0 Å². The average molecular weight is 170 g/mol. The molecule has 0 atom stereocenters. The van der Waals surface area contributed by atoms with Gasteiger partial charge in [-0.15, -0.1) is 0 Å². The van der Waals surface area contributed by atoms with Crippen molar-refractivity contribution in [2.75, 3.05) is 0 Å². The van der Waals surface area contributed by atoms with E-state index in [9.17, 15) is 4.39 Å². The van der Waals surface area contributed by atoms with Crippen molar-refractivity contribution in [3.63, 3.8) is 0 Å². The summed E-state index contributed by atoms with van der Waals surface area (Å²) >= 11 is 5.78. The Kier molecular flexibility index (Phi) is 1.36. The number of H-pyrrole nitrogens is 1. The molecule has 3 heteroatoms. The maximum Gasteiger partial charge on any atom is 0.192 e. The molecule has 2 aromatic rings. The minimum Gasteiger partial charge on any atom is -0.331 e. The lowest BCUT2D eigenvalue weighted by molar-refractivity contribution is 0.595. The van der Waals surface area contributed by atoms with Gasteiger partial charge in [-0.2, -0.15) is 4.39 Å². The molecule has 0 spiro atoms. The second kappa shape index (κ2) is 2.24. The predicted octanol–water partition coefficient (Wildman–Crippen LogP) is 2.96. The summed E-state index contributed by atoms with van der Waals surface area (Å²) in [7, 11) is 0. The van der Waals surface area contributed by atoms with Gasteiger partial charge in [-0.3, -0.25) is 0 Å². The first kappa shape index (κ1) is 6.68. The van der Waals surface area contributed by atoms with E-state index in [1.807, 2.05) is 0 Å². The molecule has 0 aliphatic heterocycles. The van der Waals surface area contributed by atoms with Crippen LogP contribution in [-0.4, -0.2) is 4.98 Å². The first-order valence-corrected chi connectivity index (χ1v) is 3.58. The van der Waals surface area contributed by atoms with Crippen LogP contribution in [0.4, 0.5) is 4.39 Å². The Morgan fingerprint density at radius 3 is 2.91 bits per heavy atom. The molecule has 56 valence electrons. The average Bonchev–Trinajstić information content (AvgIpc) is 2.31. The van der Waals surface area contributed by atoms with E-state index in [0.29, 0.717) is 5.02 Å². The van der Waals surface area contributed by atoms with Crippen LogP contribution < -0.4 is 0 Å². The van der Waals surface area contributed by atoms with E-state index >= 15 is 0 Å². The zero-order valence-corrected chi connectivity index (χ0v) is 6.32. The van der Waals surface area contributed by atoms with Crippen molar-refractivity contribution < 1.29 is 4.39 Å². The molecule has 1 aromatic carbocycles. The number of fused-ring (bicyclic) bond motifs is 1. The molecule has 11 heavy (non-hydrogen) atoms. The van der Waals surface area contributed by atoms with Crippen molar-refractivity contribution in [1.29, 1.82) is 0 Å². The first-order chi connectivity index (χ1) is 5.27. The van der Waals surface area contributed by atoms with Crippen molar-refractivity contribution in [2.24, 2.45) is 0 Å². The van der Waals surface area contributed by atoms with Crippen LogP contribution in [0.25, 0.3) is 10.9 Å². The molecule has 0 fully saturated rings. The fourth-order valence-electron chi connectivity index (χ4n) is 1.08. The number of aromatic nitrogens is 1. The summed E-state index contributed by atoms with van der Waals surface area (Å²) in [5, 5.41) is 1.30. The minimum absolute atomic E-state index is 0.354. The number of hydrogen-bond donors (Lipinski definition) is 1. The Hall–Kier alpha value is -1.02. The van der Waals surface area contributed by atoms with Gasteiger partial charge in [-0.05, 0) is 12.1 Å². The first-order valence-electron chi connectivity index (χ1n) is 3.20. The lowest BCUT2D eigenvalue weighted by Gasteiger charge is -1.89. The lowest BCUT2D eigenvalue weighted by atomic mass is 10.2. The highest BCUT2D eigenvalue weighted by molar-refractivity contribution is 6.35. The molecule has 0 amide bonds. The summed E-state index contributed by atoms with van der Waals surface area (Å²) in [6.07, 6.45) is 0. The SMILES string of the molecule is Fc1cc2c(Cl)cccc2[nH]1.